The maximum Gasteiger partial charge on any atom is 0.173 e. The molecule has 2 aromatic carbocycles. The molecule has 0 bridgehead atoms. The van der Waals surface area contributed by atoms with Gasteiger partial charge in [0.25, 0.3) is 0 Å². The van der Waals surface area contributed by atoms with Gasteiger partial charge in [-0.15, -0.1) is 0 Å². The van der Waals surface area contributed by atoms with E-state index in [2.05, 4.69) is 0 Å². The van der Waals surface area contributed by atoms with Crippen molar-refractivity contribution in [3.8, 4) is 0 Å². The molecule has 1 nitrogen and oxygen atoms in total. The molecule has 0 N–H and O–H groups in total. The molecule has 0 aromatic heterocycles. The quantitative estimate of drug-likeness (QED) is 0.771. The first-order valence-corrected chi connectivity index (χ1v) is 6.13. The van der Waals surface area contributed by atoms with E-state index in [-0.39, 0.29) is 12.0 Å². The average Bonchev–Trinajstić information content (AvgIpc) is 2.39. The van der Waals surface area contributed by atoms with Crippen LogP contribution in [0.25, 0.3) is 0 Å². The predicted octanol–water partition coefficient (Wildman–Crippen LogP) is 4.15. The number of aryl methyl sites for hydroxylation is 2. The predicted molar refractivity (Wildman–Crippen MR) is 70.3 cm³/mol. The van der Waals surface area contributed by atoms with Crippen LogP contribution >= 0.6 is 0 Å². The maximum atomic E-state index is 13.9. The number of carbonyl (C=O) groups is 1. The molecule has 0 aliphatic rings. The molecule has 104 valence electrons. The summed E-state index contributed by atoms with van der Waals surface area (Å²) in [6.45, 7) is 3.17. The van der Waals surface area contributed by atoms with Gasteiger partial charge in [-0.25, -0.2) is 13.2 Å². The minimum absolute atomic E-state index is 0.200. The van der Waals surface area contributed by atoms with Gasteiger partial charge >= 0.3 is 0 Å². The van der Waals surface area contributed by atoms with Gasteiger partial charge in [0.1, 0.15) is 17.5 Å². The molecule has 0 unspecified atom stereocenters. The highest BCUT2D eigenvalue weighted by Gasteiger charge is 2.20. The van der Waals surface area contributed by atoms with Gasteiger partial charge in [0.15, 0.2) is 5.78 Å². The minimum atomic E-state index is -0.896. The zero-order valence-corrected chi connectivity index (χ0v) is 11.1. The van der Waals surface area contributed by atoms with Crippen LogP contribution in [0.5, 0.6) is 0 Å². The number of carbonyl (C=O) groups excluding carboxylic acids is 1. The van der Waals surface area contributed by atoms with E-state index >= 15 is 0 Å². The summed E-state index contributed by atoms with van der Waals surface area (Å²) in [4.78, 5) is 12.1. The summed E-state index contributed by atoms with van der Waals surface area (Å²) in [5, 5.41) is 0. The Bertz CT molecular complexity index is 678. The van der Waals surface area contributed by atoms with Crippen LogP contribution in [0.1, 0.15) is 27.0 Å². The van der Waals surface area contributed by atoms with E-state index in [4.69, 9.17) is 0 Å². The van der Waals surface area contributed by atoms with Crippen molar-refractivity contribution in [2.75, 3.05) is 0 Å². The van der Waals surface area contributed by atoms with Crippen molar-refractivity contribution < 1.29 is 18.0 Å². The molecule has 20 heavy (non-hydrogen) atoms. The molecule has 0 aliphatic heterocycles. The van der Waals surface area contributed by atoms with Crippen LogP contribution in [0.3, 0.4) is 0 Å². The number of hydrogen-bond acceptors (Lipinski definition) is 1. The summed E-state index contributed by atoms with van der Waals surface area (Å²) in [7, 11) is 0. The molecule has 0 spiro atoms. The largest absolute Gasteiger partial charge is 0.294 e. The van der Waals surface area contributed by atoms with E-state index < -0.39 is 28.8 Å². The van der Waals surface area contributed by atoms with Gasteiger partial charge in [-0.1, -0.05) is 12.1 Å². The van der Waals surface area contributed by atoms with Crippen LogP contribution in [-0.4, -0.2) is 5.78 Å². The Hall–Kier alpha value is -2.10. The first kappa shape index (κ1) is 14.3. The summed E-state index contributed by atoms with van der Waals surface area (Å²) in [5.41, 5.74) is 0.767. The van der Waals surface area contributed by atoms with Crippen molar-refractivity contribution >= 4 is 5.78 Å². The summed E-state index contributed by atoms with van der Waals surface area (Å²) in [6.07, 6.45) is -0.235. The third-order valence-corrected chi connectivity index (χ3v) is 3.23. The minimum Gasteiger partial charge on any atom is -0.294 e. The second kappa shape index (κ2) is 5.49. The van der Waals surface area contributed by atoms with Gasteiger partial charge in [-0.3, -0.25) is 4.79 Å². The highest BCUT2D eigenvalue weighted by atomic mass is 19.1. The van der Waals surface area contributed by atoms with Crippen LogP contribution in [0, 0.1) is 31.3 Å². The Morgan fingerprint density at radius 2 is 1.65 bits per heavy atom. The van der Waals surface area contributed by atoms with E-state index in [0.29, 0.717) is 11.1 Å². The van der Waals surface area contributed by atoms with Crippen molar-refractivity contribution in [3.63, 3.8) is 0 Å². The van der Waals surface area contributed by atoms with Gasteiger partial charge in [-0.05, 0) is 48.7 Å². The lowest BCUT2D eigenvalue weighted by Crippen LogP contribution is -2.11. The van der Waals surface area contributed by atoms with Crippen molar-refractivity contribution in [1.82, 2.24) is 0 Å². The van der Waals surface area contributed by atoms with Crippen molar-refractivity contribution in [3.05, 3.63) is 70.0 Å². The maximum absolute atomic E-state index is 13.9. The summed E-state index contributed by atoms with van der Waals surface area (Å²) >= 11 is 0. The molecule has 0 amide bonds. The lowest BCUT2D eigenvalue weighted by atomic mass is 9.97. The topological polar surface area (TPSA) is 17.1 Å². The second-order valence-corrected chi connectivity index (χ2v) is 4.72. The molecule has 0 atom stereocenters. The number of ketones is 1. The standard InChI is InChI=1S/C16H13F3O/c1-9-3-5-12(17)7-11(9)8-14(20)15-13(18)6-4-10(2)16(15)19/h3-7H,8H2,1-2H3. The highest BCUT2D eigenvalue weighted by Crippen LogP contribution is 2.20. The second-order valence-electron chi connectivity index (χ2n) is 4.72. The number of hydrogen-bond donors (Lipinski definition) is 0. The summed E-state index contributed by atoms with van der Waals surface area (Å²) in [6, 6.07) is 6.34. The fourth-order valence-corrected chi connectivity index (χ4v) is 2.00. The fourth-order valence-electron chi connectivity index (χ4n) is 2.00. The molecule has 0 heterocycles. The number of benzene rings is 2. The molecule has 2 aromatic rings. The van der Waals surface area contributed by atoms with Gasteiger partial charge in [0, 0.05) is 6.42 Å². The fraction of sp³-hybridized carbons (Fsp3) is 0.188. The Kier molecular flexibility index (Phi) is 3.93. The zero-order chi connectivity index (χ0) is 14.9. The Morgan fingerprint density at radius 1 is 1.00 bits per heavy atom. The van der Waals surface area contributed by atoms with Gasteiger partial charge in [0.2, 0.25) is 0 Å². The van der Waals surface area contributed by atoms with E-state index in [9.17, 15) is 18.0 Å². The third-order valence-electron chi connectivity index (χ3n) is 3.23. The van der Waals surface area contributed by atoms with Gasteiger partial charge in [0.05, 0.1) is 5.56 Å². The van der Waals surface area contributed by atoms with Crippen LogP contribution in [0.4, 0.5) is 13.2 Å². The van der Waals surface area contributed by atoms with Gasteiger partial charge < -0.3 is 0 Å². The van der Waals surface area contributed by atoms with Gasteiger partial charge in [-0.2, -0.15) is 0 Å². The van der Waals surface area contributed by atoms with E-state index in [1.807, 2.05) is 0 Å². The van der Waals surface area contributed by atoms with Crippen molar-refractivity contribution in [2.45, 2.75) is 20.3 Å². The first-order chi connectivity index (χ1) is 9.40. The van der Waals surface area contributed by atoms with E-state index in [1.165, 1.54) is 31.2 Å². The molecule has 2 rings (SSSR count). The third kappa shape index (κ3) is 2.74. The number of rotatable bonds is 3. The molecule has 0 fully saturated rings. The molecular formula is C16H13F3O. The first-order valence-electron chi connectivity index (χ1n) is 6.13. The molecule has 0 saturated heterocycles. The van der Waals surface area contributed by atoms with Crippen LogP contribution in [-0.2, 0) is 6.42 Å². The molecule has 0 radical (unpaired) electrons. The van der Waals surface area contributed by atoms with Crippen molar-refractivity contribution in [2.24, 2.45) is 0 Å². The van der Waals surface area contributed by atoms with E-state index in [0.717, 1.165) is 6.07 Å². The Balaban J connectivity index is 2.38. The van der Waals surface area contributed by atoms with E-state index in [1.54, 1.807) is 6.92 Å². The van der Waals surface area contributed by atoms with Crippen LogP contribution in [0.15, 0.2) is 30.3 Å². The molecule has 4 heteroatoms. The number of halogens is 3. The zero-order valence-electron chi connectivity index (χ0n) is 11.1. The summed E-state index contributed by atoms with van der Waals surface area (Å²) < 4.78 is 40.7. The lowest BCUT2D eigenvalue weighted by molar-refractivity contribution is 0.0984. The Morgan fingerprint density at radius 3 is 2.35 bits per heavy atom. The average molecular weight is 278 g/mol. The Labute approximate surface area is 115 Å². The normalized spacial score (nSPS) is 10.7. The van der Waals surface area contributed by atoms with Crippen LogP contribution < -0.4 is 0 Å². The molecular weight excluding hydrogens is 265 g/mol. The smallest absolute Gasteiger partial charge is 0.173 e. The molecule has 0 aliphatic carbocycles. The van der Waals surface area contributed by atoms with Crippen molar-refractivity contribution in [1.29, 1.82) is 0 Å². The van der Waals surface area contributed by atoms with Crippen LogP contribution in [0.2, 0.25) is 0 Å². The monoisotopic (exact) mass is 278 g/mol. The summed E-state index contributed by atoms with van der Waals surface area (Å²) in [5.74, 6) is -2.93. The molecule has 0 saturated carbocycles. The lowest BCUT2D eigenvalue weighted by Gasteiger charge is -2.08. The number of Topliss-reactive ketones (excluding diaryl/α,β-unsaturated/α-hetero) is 1. The SMILES string of the molecule is Cc1ccc(F)cc1CC(=O)c1c(F)ccc(C)c1F. The highest BCUT2D eigenvalue weighted by molar-refractivity contribution is 5.98.